The van der Waals surface area contributed by atoms with Gasteiger partial charge in [-0.15, -0.1) is 0 Å². The molecule has 1 aromatic rings. The molecule has 0 amide bonds. The van der Waals surface area contributed by atoms with Crippen molar-refractivity contribution in [1.29, 1.82) is 5.41 Å². The molecule has 0 aliphatic rings. The molecule has 0 aliphatic heterocycles. The average molecular weight is 188 g/mol. The molecule has 74 valence electrons. The predicted molar refractivity (Wildman–Crippen MR) is 61.4 cm³/mol. The number of hydrogen-bond acceptors (Lipinski definition) is 2. The Kier molecular flexibility index (Phi) is 3.07. The van der Waals surface area contributed by atoms with E-state index in [9.17, 15) is 0 Å². The van der Waals surface area contributed by atoms with Crippen LogP contribution in [0.2, 0.25) is 0 Å². The van der Waals surface area contributed by atoms with Crippen LogP contribution in [0.25, 0.3) is 5.57 Å². The van der Waals surface area contributed by atoms with Crippen molar-refractivity contribution in [3.63, 3.8) is 0 Å². The van der Waals surface area contributed by atoms with Gasteiger partial charge in [-0.2, -0.15) is 0 Å². The maximum Gasteiger partial charge on any atom is 0.0378 e. The smallest absolute Gasteiger partial charge is 0.0378 e. The summed E-state index contributed by atoms with van der Waals surface area (Å²) in [5, 5.41) is 7.64. The van der Waals surface area contributed by atoms with Gasteiger partial charge in [0.25, 0.3) is 0 Å². The first-order valence-corrected chi connectivity index (χ1v) is 4.61. The van der Waals surface area contributed by atoms with E-state index < -0.39 is 0 Å². The number of nitrogens with one attached hydrogen (secondary N) is 1. The van der Waals surface area contributed by atoms with Crippen LogP contribution in [0, 0.1) is 12.3 Å². The molecular formula is C12H16N2. The Bertz CT molecular complexity index is 368. The summed E-state index contributed by atoms with van der Waals surface area (Å²) in [6.45, 7) is 5.62. The van der Waals surface area contributed by atoms with Crippen LogP contribution in [0.1, 0.15) is 25.0 Å². The third-order valence-corrected chi connectivity index (χ3v) is 2.11. The van der Waals surface area contributed by atoms with Gasteiger partial charge in [-0.25, -0.2) is 0 Å². The summed E-state index contributed by atoms with van der Waals surface area (Å²) < 4.78 is 0. The highest BCUT2D eigenvalue weighted by atomic mass is 14.6. The van der Waals surface area contributed by atoms with E-state index in [0.29, 0.717) is 11.4 Å². The van der Waals surface area contributed by atoms with Crippen LogP contribution in [0.5, 0.6) is 0 Å². The zero-order valence-corrected chi connectivity index (χ0v) is 8.89. The monoisotopic (exact) mass is 188 g/mol. The summed E-state index contributed by atoms with van der Waals surface area (Å²) in [7, 11) is 0. The van der Waals surface area contributed by atoms with Crippen LogP contribution in [0.4, 0.5) is 0 Å². The molecule has 0 aliphatic carbocycles. The van der Waals surface area contributed by atoms with Gasteiger partial charge in [0.1, 0.15) is 0 Å². The molecule has 1 rings (SSSR count). The molecule has 0 saturated heterocycles. The van der Waals surface area contributed by atoms with Crippen molar-refractivity contribution < 1.29 is 0 Å². The summed E-state index contributed by atoms with van der Waals surface area (Å²) in [5.74, 6) is 0. The molecule has 0 saturated carbocycles. The standard InChI is InChI=1S/C12H16N2/c1-8-4-6-11(7-5-8)12(9(2)13)10(3)14/h4-7,13H,14H2,1-3H3/b12-10+,13-9?. The van der Waals surface area contributed by atoms with Crippen molar-refractivity contribution >= 4 is 11.3 Å². The van der Waals surface area contributed by atoms with E-state index >= 15 is 0 Å². The Hall–Kier alpha value is -1.57. The lowest BCUT2D eigenvalue weighted by Crippen LogP contribution is -2.04. The fraction of sp³-hybridized carbons (Fsp3) is 0.250. The minimum absolute atomic E-state index is 0.508. The highest BCUT2D eigenvalue weighted by Gasteiger charge is 2.05. The Morgan fingerprint density at radius 3 is 2.00 bits per heavy atom. The van der Waals surface area contributed by atoms with E-state index in [0.717, 1.165) is 11.1 Å². The van der Waals surface area contributed by atoms with Gasteiger partial charge in [-0.05, 0) is 26.3 Å². The van der Waals surface area contributed by atoms with Crippen molar-refractivity contribution in [2.45, 2.75) is 20.8 Å². The number of benzene rings is 1. The molecule has 2 heteroatoms. The fourth-order valence-corrected chi connectivity index (χ4v) is 1.46. The summed E-state index contributed by atoms with van der Waals surface area (Å²) in [6, 6.07) is 8.06. The first kappa shape index (κ1) is 10.5. The van der Waals surface area contributed by atoms with E-state index in [2.05, 4.69) is 0 Å². The van der Waals surface area contributed by atoms with Crippen LogP contribution in [-0.2, 0) is 0 Å². The molecular weight excluding hydrogens is 172 g/mol. The number of rotatable bonds is 2. The fourth-order valence-electron chi connectivity index (χ4n) is 1.46. The van der Waals surface area contributed by atoms with Crippen LogP contribution in [0.15, 0.2) is 30.0 Å². The summed E-state index contributed by atoms with van der Waals surface area (Å²) >= 11 is 0. The maximum absolute atomic E-state index is 7.64. The Morgan fingerprint density at radius 1 is 1.14 bits per heavy atom. The highest BCUT2D eigenvalue weighted by molar-refractivity contribution is 6.21. The first-order valence-electron chi connectivity index (χ1n) is 4.61. The van der Waals surface area contributed by atoms with Crippen LogP contribution in [-0.4, -0.2) is 5.71 Å². The number of allylic oxidation sites excluding steroid dienone is 2. The Labute approximate surface area is 85.0 Å². The third-order valence-electron chi connectivity index (χ3n) is 2.11. The van der Waals surface area contributed by atoms with Crippen molar-refractivity contribution in [3.8, 4) is 0 Å². The molecule has 0 heterocycles. The summed E-state index contributed by atoms with van der Waals surface area (Å²) in [5.41, 5.74) is 10.0. The van der Waals surface area contributed by atoms with Gasteiger partial charge >= 0.3 is 0 Å². The van der Waals surface area contributed by atoms with E-state index in [1.165, 1.54) is 5.56 Å². The van der Waals surface area contributed by atoms with Gasteiger partial charge in [-0.1, -0.05) is 29.8 Å². The molecule has 0 radical (unpaired) electrons. The first-order chi connectivity index (χ1) is 6.52. The lowest BCUT2D eigenvalue weighted by molar-refractivity contribution is 1.31. The van der Waals surface area contributed by atoms with Gasteiger partial charge in [0.15, 0.2) is 0 Å². The molecule has 14 heavy (non-hydrogen) atoms. The Morgan fingerprint density at radius 2 is 1.64 bits per heavy atom. The van der Waals surface area contributed by atoms with E-state index in [4.69, 9.17) is 11.1 Å². The predicted octanol–water partition coefficient (Wildman–Crippen LogP) is 2.72. The second-order valence-corrected chi connectivity index (χ2v) is 3.55. The molecule has 3 N–H and O–H groups in total. The molecule has 0 unspecified atom stereocenters. The molecule has 0 fully saturated rings. The number of aryl methyl sites for hydroxylation is 1. The summed E-state index contributed by atoms with van der Waals surface area (Å²) in [6.07, 6.45) is 0. The molecule has 0 aromatic heterocycles. The minimum Gasteiger partial charge on any atom is -0.402 e. The van der Waals surface area contributed by atoms with E-state index in [-0.39, 0.29) is 0 Å². The quantitative estimate of drug-likeness (QED) is 0.689. The van der Waals surface area contributed by atoms with Gasteiger partial charge in [0, 0.05) is 17.0 Å². The third kappa shape index (κ3) is 2.22. The molecule has 0 spiro atoms. The maximum atomic E-state index is 7.64. The SMILES string of the molecule is CC(=N)/C(=C(/C)N)c1ccc(C)cc1. The normalized spacial score (nSPS) is 12.2. The summed E-state index contributed by atoms with van der Waals surface area (Å²) in [4.78, 5) is 0. The lowest BCUT2D eigenvalue weighted by atomic mass is 9.99. The Balaban J connectivity index is 3.21. The van der Waals surface area contributed by atoms with Gasteiger partial charge in [0.05, 0.1) is 0 Å². The van der Waals surface area contributed by atoms with Gasteiger partial charge in [-0.3, -0.25) is 0 Å². The molecule has 0 atom stereocenters. The van der Waals surface area contributed by atoms with Crippen LogP contribution in [0.3, 0.4) is 0 Å². The zero-order chi connectivity index (χ0) is 10.7. The second-order valence-electron chi connectivity index (χ2n) is 3.55. The topological polar surface area (TPSA) is 49.9 Å². The lowest BCUT2D eigenvalue weighted by Gasteiger charge is -2.08. The van der Waals surface area contributed by atoms with E-state index in [1.807, 2.05) is 38.1 Å². The average Bonchev–Trinajstić information content (AvgIpc) is 2.07. The van der Waals surface area contributed by atoms with Crippen molar-refractivity contribution in [3.05, 3.63) is 41.1 Å². The van der Waals surface area contributed by atoms with Crippen molar-refractivity contribution in [2.24, 2.45) is 5.73 Å². The molecule has 1 aromatic carbocycles. The number of nitrogens with two attached hydrogens (primary N) is 1. The van der Waals surface area contributed by atoms with E-state index in [1.54, 1.807) is 6.92 Å². The van der Waals surface area contributed by atoms with Gasteiger partial charge in [0.2, 0.25) is 0 Å². The van der Waals surface area contributed by atoms with Crippen molar-refractivity contribution in [1.82, 2.24) is 0 Å². The molecule has 2 nitrogen and oxygen atoms in total. The number of hydrogen-bond donors (Lipinski definition) is 2. The van der Waals surface area contributed by atoms with Gasteiger partial charge < -0.3 is 11.1 Å². The zero-order valence-electron chi connectivity index (χ0n) is 8.89. The largest absolute Gasteiger partial charge is 0.402 e. The van der Waals surface area contributed by atoms with Crippen LogP contribution < -0.4 is 5.73 Å². The van der Waals surface area contributed by atoms with Crippen LogP contribution >= 0.6 is 0 Å². The highest BCUT2D eigenvalue weighted by Crippen LogP contribution is 2.18. The molecule has 0 bridgehead atoms. The van der Waals surface area contributed by atoms with Crippen molar-refractivity contribution in [2.75, 3.05) is 0 Å². The second kappa shape index (κ2) is 4.09. The minimum atomic E-state index is 0.508.